The maximum Gasteiger partial charge on any atom is 0.274 e. The normalized spacial score (nSPS) is 14.9. The third-order valence-corrected chi connectivity index (χ3v) is 9.37. The molecule has 0 aromatic heterocycles. The lowest BCUT2D eigenvalue weighted by molar-refractivity contribution is -0.136. The van der Waals surface area contributed by atoms with Gasteiger partial charge in [-0.1, -0.05) is 31.0 Å². The number of benzene rings is 3. The first-order valence-electron chi connectivity index (χ1n) is 18.5. The first-order valence-corrected chi connectivity index (χ1v) is 18.5. The molecule has 0 aliphatic carbocycles. The van der Waals surface area contributed by atoms with Gasteiger partial charge in [0.1, 0.15) is 11.8 Å². The van der Waals surface area contributed by atoms with E-state index in [0.29, 0.717) is 56.8 Å². The first kappa shape index (κ1) is 40.1. The molecule has 290 valence electrons. The van der Waals surface area contributed by atoms with Crippen molar-refractivity contribution in [1.29, 1.82) is 0 Å². The highest BCUT2D eigenvalue weighted by Crippen LogP contribution is 2.29. The summed E-state index contributed by atoms with van der Waals surface area (Å²) in [5.74, 6) is -2.37. The van der Waals surface area contributed by atoms with E-state index < -0.39 is 35.6 Å². The van der Waals surface area contributed by atoms with E-state index in [2.05, 4.69) is 21.3 Å². The fraction of sp³-hybridized carbons (Fsp3) is 0.375. The minimum absolute atomic E-state index is 0.0160. The number of piperidine rings is 1. The van der Waals surface area contributed by atoms with Crippen LogP contribution in [0, 0.1) is 0 Å². The number of hydrogen-bond acceptors (Lipinski definition) is 10. The molecule has 1 fully saturated rings. The number of fused-ring (bicyclic) bond motifs is 1. The molecule has 2 aliphatic heterocycles. The molecule has 15 nitrogen and oxygen atoms in total. The van der Waals surface area contributed by atoms with Crippen LogP contribution < -0.4 is 31.5 Å². The van der Waals surface area contributed by atoms with Crippen LogP contribution in [-0.2, 0) is 20.8 Å². The Morgan fingerprint density at radius 1 is 0.764 bits per heavy atom. The average molecular weight is 755 g/mol. The average Bonchev–Trinajstić information content (AvgIpc) is 3.43. The number of carbonyl (C=O) groups is 7. The smallest absolute Gasteiger partial charge is 0.274 e. The zero-order valence-corrected chi connectivity index (χ0v) is 30.5. The van der Waals surface area contributed by atoms with Crippen molar-refractivity contribution in [3.8, 4) is 5.75 Å². The van der Waals surface area contributed by atoms with Gasteiger partial charge in [-0.2, -0.15) is 0 Å². The van der Waals surface area contributed by atoms with Gasteiger partial charge in [-0.15, -0.1) is 0 Å². The van der Waals surface area contributed by atoms with E-state index in [0.717, 1.165) is 48.3 Å². The highest BCUT2D eigenvalue weighted by Gasteiger charge is 2.44. The molecule has 1 atom stereocenters. The number of carbonyl (C=O) groups excluding carboxylic acids is 7. The van der Waals surface area contributed by atoms with Crippen LogP contribution in [0.1, 0.15) is 105 Å². The van der Waals surface area contributed by atoms with Gasteiger partial charge in [0, 0.05) is 49.3 Å². The van der Waals surface area contributed by atoms with Crippen LogP contribution in [0.2, 0.25) is 0 Å². The molecule has 2 heterocycles. The SMILES string of the molecule is O=C(CCCCOc1ccc(CCNC(=O)c2cccc(C(=O)NO)c2)cc1)NCCCCCCNc1ccc2c(c1)C(=O)N(C1CCC(=O)NC1=O)C2=O. The zero-order valence-electron chi connectivity index (χ0n) is 30.5. The summed E-state index contributed by atoms with van der Waals surface area (Å²) < 4.78 is 5.81. The van der Waals surface area contributed by atoms with Gasteiger partial charge in [-0.3, -0.25) is 49.0 Å². The number of hydroxylamine groups is 1. The lowest BCUT2D eigenvalue weighted by Crippen LogP contribution is -2.54. The van der Waals surface area contributed by atoms with Crippen molar-refractivity contribution in [3.05, 3.63) is 94.5 Å². The molecule has 6 N–H and O–H groups in total. The lowest BCUT2D eigenvalue weighted by atomic mass is 10.0. The second-order valence-corrected chi connectivity index (χ2v) is 13.4. The maximum atomic E-state index is 13.0. The lowest BCUT2D eigenvalue weighted by Gasteiger charge is -2.27. The molecule has 0 saturated carbocycles. The second kappa shape index (κ2) is 19.8. The number of imide groups is 2. The molecule has 5 rings (SSSR count). The third kappa shape index (κ3) is 11.2. The summed E-state index contributed by atoms with van der Waals surface area (Å²) in [5.41, 5.74) is 4.27. The van der Waals surface area contributed by atoms with Gasteiger partial charge in [-0.05, 0) is 92.6 Å². The van der Waals surface area contributed by atoms with Crippen molar-refractivity contribution in [2.45, 2.75) is 70.3 Å². The number of nitrogens with one attached hydrogen (secondary N) is 5. The van der Waals surface area contributed by atoms with Gasteiger partial charge in [0.25, 0.3) is 23.6 Å². The summed E-state index contributed by atoms with van der Waals surface area (Å²) in [6, 6.07) is 17.6. The number of amides is 7. The van der Waals surface area contributed by atoms with Gasteiger partial charge in [0.15, 0.2) is 0 Å². The molecule has 0 spiro atoms. The van der Waals surface area contributed by atoms with Crippen LogP contribution in [0.25, 0.3) is 0 Å². The molecule has 15 heteroatoms. The van der Waals surface area contributed by atoms with Crippen molar-refractivity contribution in [3.63, 3.8) is 0 Å². The Kier molecular flexibility index (Phi) is 14.5. The van der Waals surface area contributed by atoms with Crippen LogP contribution in [-0.4, -0.2) is 83.7 Å². The van der Waals surface area contributed by atoms with Crippen molar-refractivity contribution in [2.24, 2.45) is 0 Å². The minimum atomic E-state index is -0.990. The van der Waals surface area contributed by atoms with Crippen molar-refractivity contribution < 1.29 is 43.5 Å². The highest BCUT2D eigenvalue weighted by molar-refractivity contribution is 6.23. The summed E-state index contributed by atoms with van der Waals surface area (Å²) in [6.07, 6.45) is 6.32. The molecule has 3 aromatic rings. The Labute approximate surface area is 318 Å². The highest BCUT2D eigenvalue weighted by atomic mass is 16.5. The fourth-order valence-electron chi connectivity index (χ4n) is 6.35. The number of anilines is 1. The van der Waals surface area contributed by atoms with Gasteiger partial charge in [0.05, 0.1) is 17.7 Å². The molecular weight excluding hydrogens is 708 g/mol. The fourth-order valence-corrected chi connectivity index (χ4v) is 6.35. The standard InChI is InChI=1S/C40H46N6O9/c47-34(10-3-6-23-55-30-14-11-26(12-15-30)19-22-43-36(49)27-8-7-9-28(24-27)37(50)45-54)42-21-5-2-1-4-20-41-29-13-16-31-32(25-29)40(53)46(39(31)52)33-17-18-35(48)44-38(33)51/h7-9,11-16,24-25,33,41,54H,1-6,10,17-23H2,(H,42,47)(H,43,49)(H,45,50)(H,44,48,51). The predicted octanol–water partition coefficient (Wildman–Crippen LogP) is 3.52. The molecule has 0 radical (unpaired) electrons. The summed E-state index contributed by atoms with van der Waals surface area (Å²) in [5, 5.41) is 20.1. The molecular formula is C40H46N6O9. The topological polar surface area (TPSA) is 212 Å². The van der Waals surface area contributed by atoms with Gasteiger partial charge >= 0.3 is 0 Å². The summed E-state index contributed by atoms with van der Waals surface area (Å²) >= 11 is 0. The van der Waals surface area contributed by atoms with Gasteiger partial charge < -0.3 is 20.7 Å². The van der Waals surface area contributed by atoms with E-state index in [4.69, 9.17) is 9.94 Å². The molecule has 1 unspecified atom stereocenters. The van der Waals surface area contributed by atoms with Crippen molar-refractivity contribution in [1.82, 2.24) is 26.3 Å². The molecule has 55 heavy (non-hydrogen) atoms. The van der Waals surface area contributed by atoms with Crippen LogP contribution >= 0.6 is 0 Å². The van der Waals surface area contributed by atoms with E-state index in [1.165, 1.54) is 12.1 Å². The third-order valence-electron chi connectivity index (χ3n) is 9.37. The zero-order chi connectivity index (χ0) is 39.2. The molecule has 0 bridgehead atoms. The number of hydrogen-bond donors (Lipinski definition) is 6. The Morgan fingerprint density at radius 3 is 2.24 bits per heavy atom. The molecule has 7 amide bonds. The summed E-state index contributed by atoms with van der Waals surface area (Å²) in [7, 11) is 0. The van der Waals surface area contributed by atoms with E-state index in [9.17, 15) is 33.6 Å². The predicted molar refractivity (Wildman–Crippen MR) is 201 cm³/mol. The Balaban J connectivity index is 0.865. The molecule has 1 saturated heterocycles. The Hall–Kier alpha value is -6.09. The Bertz CT molecular complexity index is 1900. The van der Waals surface area contributed by atoms with Gasteiger partial charge in [0.2, 0.25) is 17.7 Å². The number of ether oxygens (including phenoxy) is 1. The Morgan fingerprint density at radius 2 is 1.49 bits per heavy atom. The van der Waals surface area contributed by atoms with E-state index in [1.807, 2.05) is 24.3 Å². The monoisotopic (exact) mass is 754 g/mol. The second-order valence-electron chi connectivity index (χ2n) is 13.4. The van der Waals surface area contributed by atoms with Crippen LogP contribution in [0.4, 0.5) is 5.69 Å². The number of unbranched alkanes of at least 4 members (excludes halogenated alkanes) is 4. The minimum Gasteiger partial charge on any atom is -0.494 e. The van der Waals surface area contributed by atoms with Crippen molar-refractivity contribution >= 4 is 47.0 Å². The summed E-state index contributed by atoms with van der Waals surface area (Å²) in [6.45, 7) is 2.17. The van der Waals surface area contributed by atoms with E-state index in [1.54, 1.807) is 35.8 Å². The first-order chi connectivity index (χ1) is 26.6. The number of nitrogens with zero attached hydrogens (tertiary/aromatic N) is 1. The van der Waals surface area contributed by atoms with Crippen LogP contribution in [0.15, 0.2) is 66.7 Å². The van der Waals surface area contributed by atoms with E-state index in [-0.39, 0.29) is 41.3 Å². The summed E-state index contributed by atoms with van der Waals surface area (Å²) in [4.78, 5) is 86.8. The maximum absolute atomic E-state index is 13.0. The van der Waals surface area contributed by atoms with E-state index >= 15 is 0 Å². The quantitative estimate of drug-likeness (QED) is 0.0428. The molecule has 2 aliphatic rings. The van der Waals surface area contributed by atoms with Gasteiger partial charge in [-0.25, -0.2) is 5.48 Å². The van der Waals surface area contributed by atoms with Crippen molar-refractivity contribution in [2.75, 3.05) is 31.6 Å². The van der Waals surface area contributed by atoms with Crippen LogP contribution in [0.3, 0.4) is 0 Å². The number of rotatable bonds is 20. The molecule has 3 aromatic carbocycles. The van der Waals surface area contributed by atoms with Crippen LogP contribution in [0.5, 0.6) is 5.75 Å². The largest absolute Gasteiger partial charge is 0.494 e.